The second-order valence-corrected chi connectivity index (χ2v) is 23.5. The minimum Gasteiger partial charge on any atom is -0.861 e. The number of likely N-dealkylation sites (tertiary alicyclic amines) is 1. The number of carbonyl (C=O) groups excluding carboxylic acids is 1. The Morgan fingerprint density at radius 2 is 1.13 bits per heavy atom. The first kappa shape index (κ1) is 57.9. The largest absolute Gasteiger partial charge is 1.00 e. The molecule has 2 aliphatic heterocycles. The second kappa shape index (κ2) is 25.3. The number of rotatable bonds is 14. The normalized spacial score (nSPS) is 19.1. The van der Waals surface area contributed by atoms with Crippen LogP contribution in [0.25, 0.3) is 0 Å². The van der Waals surface area contributed by atoms with Crippen LogP contribution in [0.1, 0.15) is 113 Å². The van der Waals surface area contributed by atoms with E-state index in [1.165, 1.54) is 70.8 Å². The number of aryl methyl sites for hydroxylation is 6. The van der Waals surface area contributed by atoms with E-state index in [9.17, 15) is 31.8 Å². The summed E-state index contributed by atoms with van der Waals surface area (Å²) in [7, 11) is -5.19. The zero-order chi connectivity index (χ0) is 51.6. The molecule has 2 unspecified atom stereocenters. The molecule has 4 heterocycles. The fraction of sp³-hybridized carbons (Fsp3) is 0.500. The fourth-order valence-electron chi connectivity index (χ4n) is 12.3. The summed E-state index contributed by atoms with van der Waals surface area (Å²) >= 11 is 0. The van der Waals surface area contributed by atoms with Crippen LogP contribution >= 0.6 is 0 Å². The number of hydrogen-bond acceptors (Lipinski definition) is 11. The maximum absolute atomic E-state index is 13.9. The summed E-state index contributed by atoms with van der Waals surface area (Å²) < 4.78 is 73.2. The van der Waals surface area contributed by atoms with E-state index in [0.717, 1.165) is 111 Å². The molecule has 0 radical (unpaired) electrons. The van der Waals surface area contributed by atoms with Crippen molar-refractivity contribution < 1.29 is 95.7 Å². The van der Waals surface area contributed by atoms with Crippen LogP contribution in [-0.4, -0.2) is 97.4 Å². The van der Waals surface area contributed by atoms with Crippen molar-refractivity contribution in [1.82, 2.24) is 29.8 Å². The number of nitrogens with zero attached hydrogens (tertiary/aromatic N) is 9. The van der Waals surface area contributed by atoms with Gasteiger partial charge < -0.3 is 25.2 Å². The minimum atomic E-state index is -4.44. The van der Waals surface area contributed by atoms with Crippen LogP contribution in [0.15, 0.2) is 76.0 Å². The number of hydrogen-bond donors (Lipinski definition) is 1. The Bertz CT molecular complexity index is 3110. The van der Waals surface area contributed by atoms with Gasteiger partial charge in [0.25, 0.3) is 0 Å². The van der Waals surface area contributed by atoms with Crippen molar-refractivity contribution in [2.45, 2.75) is 134 Å². The van der Waals surface area contributed by atoms with E-state index >= 15 is 0 Å². The smallest absolute Gasteiger partial charge is 0.861 e. The first-order chi connectivity index (χ1) is 35.7. The molecule has 6 aliphatic rings. The van der Waals surface area contributed by atoms with Gasteiger partial charge in [0.2, 0.25) is 0 Å². The third kappa shape index (κ3) is 13.1. The van der Waals surface area contributed by atoms with Crippen molar-refractivity contribution in [3.05, 3.63) is 128 Å². The summed E-state index contributed by atoms with van der Waals surface area (Å²) in [4.78, 5) is 14.5. The number of piperidine rings is 2. The van der Waals surface area contributed by atoms with Gasteiger partial charge in [0.15, 0.2) is 0 Å². The molecule has 2 aromatic heterocycles. The predicted octanol–water partition coefficient (Wildman–Crippen LogP) is -1.54. The molecule has 2 atom stereocenters. The van der Waals surface area contributed by atoms with Gasteiger partial charge in [-0.05, 0) is 182 Å². The number of benzene rings is 3. The molecule has 1 N–H and O–H groups in total. The number of anilines is 2. The van der Waals surface area contributed by atoms with Crippen LogP contribution in [0.4, 0.5) is 16.2 Å². The standard InChI is InChI=1S/C31H37N5O5S.C23H31N5O3S.2Na/c1-34-19-26(18-32-34)36(25-12-7-15-35(20-25)31(38)41-21-22-8-3-2-4-9-22)42(39,40)33-30(37)17-29-27-13-5-10-23(27)16-24-11-6-14-28(24)29;1-27-15-19(14-25-27)28(18-7-4-10-24-13-18)32(30,31)26-23(29)12-22-20-8-2-5-16(20)11-17-6-3-9-21(17)22;;/h2-4,8-9,16,18-19,25H,5-7,10-15,17,20-21H2,1H3,(H,33,37);11,14-15,18,24H,2-10,12-13H2,1H3,(H,26,29);;/q;;2*+1/p-2. The monoisotopic (exact) mass is 1090 g/mol. The van der Waals surface area contributed by atoms with Gasteiger partial charge in [-0.1, -0.05) is 42.5 Å². The molecule has 394 valence electrons. The quantitative estimate of drug-likeness (QED) is 0.0763. The number of aromatic nitrogens is 4. The Balaban J connectivity index is 0.000000203. The van der Waals surface area contributed by atoms with Crippen molar-refractivity contribution >= 4 is 49.7 Å². The Kier molecular flexibility index (Phi) is 19.2. The van der Waals surface area contributed by atoms with Crippen LogP contribution < -0.4 is 83.3 Å². The molecule has 76 heavy (non-hydrogen) atoms. The molecule has 22 heteroatoms. The Labute approximate surface area is 491 Å². The molecular weight excluding hydrogens is 1030 g/mol. The zero-order valence-corrected chi connectivity index (χ0v) is 50.0. The van der Waals surface area contributed by atoms with Crippen LogP contribution in [0.5, 0.6) is 0 Å². The van der Waals surface area contributed by atoms with Gasteiger partial charge in [-0.3, -0.25) is 9.36 Å². The minimum absolute atomic E-state index is 0. The molecule has 3 aromatic carbocycles. The van der Waals surface area contributed by atoms with E-state index in [-0.39, 0.29) is 91.1 Å². The first-order valence-electron chi connectivity index (χ1n) is 26.3. The fourth-order valence-corrected chi connectivity index (χ4v) is 14.9. The third-order valence-electron chi connectivity index (χ3n) is 15.5. The summed E-state index contributed by atoms with van der Waals surface area (Å²) in [5, 5.41) is 38.0. The van der Waals surface area contributed by atoms with Crippen molar-refractivity contribution in [2.75, 3.05) is 34.8 Å². The van der Waals surface area contributed by atoms with Gasteiger partial charge >= 0.3 is 85.6 Å². The molecule has 4 aliphatic carbocycles. The molecule has 2 saturated heterocycles. The summed E-state index contributed by atoms with van der Waals surface area (Å²) in [6.07, 6.45) is 20.5. The van der Waals surface area contributed by atoms with E-state index in [4.69, 9.17) is 4.74 Å². The average Bonchev–Trinajstić information content (AvgIpc) is 4.26. The molecule has 0 saturated carbocycles. The van der Waals surface area contributed by atoms with E-state index < -0.39 is 44.3 Å². The second-order valence-electron chi connectivity index (χ2n) is 20.6. The molecule has 11 rings (SSSR count). The Morgan fingerprint density at radius 1 is 0.671 bits per heavy atom. The van der Waals surface area contributed by atoms with Crippen molar-refractivity contribution in [3.63, 3.8) is 0 Å². The van der Waals surface area contributed by atoms with Crippen molar-refractivity contribution in [3.8, 4) is 0 Å². The molecule has 5 aromatic rings. The van der Waals surface area contributed by atoms with Crippen LogP contribution in [0.3, 0.4) is 0 Å². The van der Waals surface area contributed by atoms with Crippen LogP contribution in [0, 0.1) is 0 Å². The number of carbonyl (C=O) groups is 1. The van der Waals surface area contributed by atoms with Gasteiger partial charge in [-0.2, -0.15) is 35.8 Å². The number of amides is 1. The van der Waals surface area contributed by atoms with Gasteiger partial charge in [-0.15, -0.1) is 0 Å². The molecule has 18 nitrogen and oxygen atoms in total. The molecule has 2 fully saturated rings. The predicted molar refractivity (Wildman–Crippen MR) is 280 cm³/mol. The van der Waals surface area contributed by atoms with Crippen LogP contribution in [-0.2, 0) is 110 Å². The summed E-state index contributed by atoms with van der Waals surface area (Å²) in [6, 6.07) is 13.1. The van der Waals surface area contributed by atoms with E-state index in [1.54, 1.807) is 31.2 Å². The topological polar surface area (TPSA) is 223 Å². The molecule has 1 amide bonds. The number of fused-ring (bicyclic) bond motifs is 4. The maximum Gasteiger partial charge on any atom is 1.00 e. The van der Waals surface area contributed by atoms with Gasteiger partial charge in [-0.25, -0.2) is 13.4 Å². The summed E-state index contributed by atoms with van der Waals surface area (Å²) in [5.74, 6) is -1.26. The Morgan fingerprint density at radius 3 is 1.57 bits per heavy atom. The number of ether oxygens (including phenoxy) is 1. The van der Waals surface area contributed by atoms with Crippen molar-refractivity contribution in [1.29, 1.82) is 0 Å². The van der Waals surface area contributed by atoms with Crippen LogP contribution in [0.2, 0.25) is 0 Å². The zero-order valence-electron chi connectivity index (χ0n) is 44.4. The third-order valence-corrected chi connectivity index (χ3v) is 18.3. The van der Waals surface area contributed by atoms with Gasteiger partial charge in [0.1, 0.15) is 6.61 Å². The number of nitrogens with one attached hydrogen (secondary N) is 1. The maximum atomic E-state index is 13.9. The summed E-state index contributed by atoms with van der Waals surface area (Å²) in [5.41, 5.74) is 13.8. The average molecular weight is 1090 g/mol. The molecule has 0 bridgehead atoms. The van der Waals surface area contributed by atoms with E-state index in [2.05, 4.69) is 36.4 Å². The SMILES string of the molecule is Cn1cc(N(C2CCCN(C(=O)OCc3ccccc3)C2)S(=O)(=O)N=C([O-])Cc2c3c(cc4c2CCC4)CCC3)cn1.Cn1cc(N(C2CCCNC2)S(=O)(=O)N=C([O-])Cc2c3c(cc4c2CCC4)CCC3)cn1.[Na+].[Na+]. The van der Waals surface area contributed by atoms with Gasteiger partial charge in [0.05, 0.1) is 35.9 Å². The Hall–Kier alpha value is -4.25. The van der Waals surface area contributed by atoms with Crippen molar-refractivity contribution in [2.24, 2.45) is 22.9 Å². The molecular formula is C54H66N10Na2O8S2. The van der Waals surface area contributed by atoms with Gasteiger partial charge in [0, 0.05) is 59.0 Å². The van der Waals surface area contributed by atoms with E-state index in [1.807, 2.05) is 30.3 Å². The first-order valence-corrected chi connectivity index (χ1v) is 29.0. The summed E-state index contributed by atoms with van der Waals surface area (Å²) in [6.45, 7) is 2.08. The van der Waals surface area contributed by atoms with E-state index in [0.29, 0.717) is 43.7 Å². The molecule has 0 spiro atoms.